The van der Waals surface area contributed by atoms with Crippen molar-refractivity contribution in [3.8, 4) is 11.5 Å². The number of ether oxygens (including phenoxy) is 2. The van der Waals surface area contributed by atoms with E-state index >= 15 is 0 Å². The van der Waals surface area contributed by atoms with Crippen molar-refractivity contribution in [2.24, 2.45) is 4.99 Å². The monoisotopic (exact) mass is 422 g/mol. The van der Waals surface area contributed by atoms with Gasteiger partial charge in [-0.15, -0.1) is 0 Å². The number of methoxy groups -OCH3 is 1. The van der Waals surface area contributed by atoms with Gasteiger partial charge in [0.05, 0.1) is 12.8 Å². The van der Waals surface area contributed by atoms with Gasteiger partial charge in [-0.1, -0.05) is 36.7 Å². The van der Waals surface area contributed by atoms with Crippen molar-refractivity contribution >= 4 is 35.1 Å². The van der Waals surface area contributed by atoms with Crippen molar-refractivity contribution in [2.75, 3.05) is 12.4 Å². The molecule has 154 valence electrons. The zero-order chi connectivity index (χ0) is 21.3. The third kappa shape index (κ3) is 5.84. The molecule has 0 aliphatic heterocycles. The summed E-state index contributed by atoms with van der Waals surface area (Å²) in [6.45, 7) is 2.17. The predicted octanol–water partition coefficient (Wildman–Crippen LogP) is 6.03. The van der Waals surface area contributed by atoms with Crippen molar-refractivity contribution in [1.29, 1.82) is 0 Å². The largest absolute Gasteiger partial charge is 0.493 e. The van der Waals surface area contributed by atoms with E-state index in [2.05, 4.69) is 10.3 Å². The van der Waals surface area contributed by atoms with Crippen molar-refractivity contribution in [3.05, 3.63) is 82.9 Å². The van der Waals surface area contributed by atoms with Crippen LogP contribution in [0.4, 0.5) is 11.4 Å². The van der Waals surface area contributed by atoms with Gasteiger partial charge in [0.15, 0.2) is 11.5 Å². The van der Waals surface area contributed by atoms with E-state index in [1.807, 2.05) is 73.7 Å². The van der Waals surface area contributed by atoms with E-state index in [1.54, 1.807) is 13.3 Å². The summed E-state index contributed by atoms with van der Waals surface area (Å²) in [5.74, 6) is 1.23. The van der Waals surface area contributed by atoms with Crippen LogP contribution in [0, 0.1) is 0 Å². The number of nitrogens with zero attached hydrogens (tertiary/aromatic N) is 1. The van der Waals surface area contributed by atoms with Crippen LogP contribution in [0.5, 0.6) is 11.5 Å². The van der Waals surface area contributed by atoms with Crippen LogP contribution in [0.25, 0.3) is 0 Å². The molecule has 30 heavy (non-hydrogen) atoms. The summed E-state index contributed by atoms with van der Waals surface area (Å²) in [6, 6.07) is 20.5. The molecular weight excluding hydrogens is 400 g/mol. The first-order chi connectivity index (χ1) is 14.6. The molecule has 0 radical (unpaired) electrons. The number of carbonyl (C=O) groups is 1. The quantitative estimate of drug-likeness (QED) is 0.451. The average Bonchev–Trinajstić information content (AvgIpc) is 2.78. The standard InChI is InChI=1S/C24H23ClN2O3/c1-3-24(28)27-20-11-9-19(10-12-20)26-15-17-8-13-22(23(14-17)29-2)30-16-18-6-4-5-7-21(18)25/h4-15H,3,16H2,1-2H3,(H,27,28). The molecule has 0 saturated carbocycles. The maximum Gasteiger partial charge on any atom is 0.224 e. The van der Waals surface area contributed by atoms with Crippen LogP contribution in [-0.2, 0) is 11.4 Å². The van der Waals surface area contributed by atoms with Crippen molar-refractivity contribution in [3.63, 3.8) is 0 Å². The van der Waals surface area contributed by atoms with Gasteiger partial charge in [0.2, 0.25) is 5.91 Å². The minimum Gasteiger partial charge on any atom is -0.493 e. The Morgan fingerprint density at radius 2 is 1.83 bits per heavy atom. The minimum absolute atomic E-state index is 0.0183. The van der Waals surface area contributed by atoms with Gasteiger partial charge >= 0.3 is 0 Å². The van der Waals surface area contributed by atoms with E-state index in [1.165, 1.54) is 0 Å². The molecule has 5 nitrogen and oxygen atoms in total. The second-order valence-corrected chi connectivity index (χ2v) is 6.90. The second kappa shape index (κ2) is 10.5. The predicted molar refractivity (Wildman–Crippen MR) is 121 cm³/mol. The lowest BCUT2D eigenvalue weighted by molar-refractivity contribution is -0.115. The Bertz CT molecular complexity index is 1030. The molecule has 0 bridgehead atoms. The van der Waals surface area contributed by atoms with Gasteiger partial charge < -0.3 is 14.8 Å². The average molecular weight is 423 g/mol. The van der Waals surface area contributed by atoms with Crippen LogP contribution < -0.4 is 14.8 Å². The number of halogens is 1. The molecule has 3 rings (SSSR count). The van der Waals surface area contributed by atoms with Crippen LogP contribution in [0.2, 0.25) is 5.02 Å². The Kier molecular flexibility index (Phi) is 7.46. The maximum absolute atomic E-state index is 11.4. The van der Waals surface area contributed by atoms with Gasteiger partial charge in [0.1, 0.15) is 6.61 Å². The number of aliphatic imine (C=N–C) groups is 1. The Labute approximate surface area is 181 Å². The van der Waals surface area contributed by atoms with E-state index in [9.17, 15) is 4.79 Å². The smallest absolute Gasteiger partial charge is 0.224 e. The molecule has 0 aliphatic carbocycles. The van der Waals surface area contributed by atoms with E-state index in [0.29, 0.717) is 29.5 Å². The number of hydrogen-bond donors (Lipinski definition) is 1. The molecule has 0 spiro atoms. The van der Waals surface area contributed by atoms with Crippen LogP contribution in [0.15, 0.2) is 71.7 Å². The van der Waals surface area contributed by atoms with Gasteiger partial charge in [0, 0.05) is 28.9 Å². The Morgan fingerprint density at radius 3 is 2.53 bits per heavy atom. The van der Waals surface area contributed by atoms with Crippen molar-refractivity contribution in [2.45, 2.75) is 20.0 Å². The molecule has 0 aromatic heterocycles. The highest BCUT2D eigenvalue weighted by Gasteiger charge is 2.07. The highest BCUT2D eigenvalue weighted by Crippen LogP contribution is 2.29. The van der Waals surface area contributed by atoms with Gasteiger partial charge in [0.25, 0.3) is 0 Å². The summed E-state index contributed by atoms with van der Waals surface area (Å²) in [5, 5.41) is 3.48. The lowest BCUT2D eigenvalue weighted by Crippen LogP contribution is -2.08. The Balaban J connectivity index is 1.67. The molecule has 0 heterocycles. The lowest BCUT2D eigenvalue weighted by atomic mass is 10.2. The maximum atomic E-state index is 11.4. The zero-order valence-corrected chi connectivity index (χ0v) is 17.6. The summed E-state index contributed by atoms with van der Waals surface area (Å²) < 4.78 is 11.3. The van der Waals surface area contributed by atoms with Crippen molar-refractivity contribution < 1.29 is 14.3 Å². The Morgan fingerprint density at radius 1 is 1.07 bits per heavy atom. The zero-order valence-electron chi connectivity index (χ0n) is 16.9. The van der Waals surface area contributed by atoms with Crippen molar-refractivity contribution in [1.82, 2.24) is 0 Å². The molecule has 0 atom stereocenters. The number of anilines is 1. The van der Waals surface area contributed by atoms with Gasteiger partial charge in [-0.25, -0.2) is 0 Å². The molecule has 1 amide bonds. The van der Waals surface area contributed by atoms with Crippen LogP contribution in [0.1, 0.15) is 24.5 Å². The van der Waals surface area contributed by atoms with E-state index in [-0.39, 0.29) is 5.91 Å². The third-order valence-electron chi connectivity index (χ3n) is 4.36. The molecule has 0 saturated heterocycles. The molecule has 0 unspecified atom stereocenters. The molecule has 0 aliphatic rings. The first-order valence-electron chi connectivity index (χ1n) is 9.57. The number of benzene rings is 3. The Hall–Kier alpha value is -3.31. The van der Waals surface area contributed by atoms with E-state index in [0.717, 1.165) is 22.5 Å². The fraction of sp³-hybridized carbons (Fsp3) is 0.167. The van der Waals surface area contributed by atoms with E-state index in [4.69, 9.17) is 21.1 Å². The topological polar surface area (TPSA) is 59.9 Å². The van der Waals surface area contributed by atoms with Crippen LogP contribution >= 0.6 is 11.6 Å². The highest BCUT2D eigenvalue weighted by molar-refractivity contribution is 6.31. The number of carbonyl (C=O) groups excluding carboxylic acids is 1. The van der Waals surface area contributed by atoms with Gasteiger partial charge in [-0.2, -0.15) is 0 Å². The number of rotatable bonds is 8. The molecule has 0 fully saturated rings. The summed E-state index contributed by atoms with van der Waals surface area (Å²) >= 11 is 6.18. The summed E-state index contributed by atoms with van der Waals surface area (Å²) in [5.41, 5.74) is 3.32. The SMILES string of the molecule is CCC(=O)Nc1ccc(N=Cc2ccc(OCc3ccccc3Cl)c(OC)c2)cc1. The summed E-state index contributed by atoms with van der Waals surface area (Å²) in [4.78, 5) is 15.9. The number of nitrogens with one attached hydrogen (secondary N) is 1. The number of hydrogen-bond acceptors (Lipinski definition) is 4. The normalized spacial score (nSPS) is 10.8. The molecule has 3 aromatic carbocycles. The first-order valence-corrected chi connectivity index (χ1v) is 9.95. The molecule has 1 N–H and O–H groups in total. The first kappa shape index (κ1) is 21.4. The fourth-order valence-electron chi connectivity index (χ4n) is 2.68. The summed E-state index contributed by atoms with van der Waals surface area (Å²) in [6.07, 6.45) is 2.19. The van der Waals surface area contributed by atoms with Crippen LogP contribution in [0.3, 0.4) is 0 Å². The molecule has 3 aromatic rings. The van der Waals surface area contributed by atoms with Gasteiger partial charge in [-0.05, 0) is 54.1 Å². The molecular formula is C24H23ClN2O3. The highest BCUT2D eigenvalue weighted by atomic mass is 35.5. The molecule has 6 heteroatoms. The second-order valence-electron chi connectivity index (χ2n) is 6.50. The van der Waals surface area contributed by atoms with Crippen LogP contribution in [-0.4, -0.2) is 19.2 Å². The lowest BCUT2D eigenvalue weighted by Gasteiger charge is -2.12. The minimum atomic E-state index is -0.0183. The summed E-state index contributed by atoms with van der Waals surface area (Å²) in [7, 11) is 1.60. The number of amides is 1. The van der Waals surface area contributed by atoms with Gasteiger partial charge in [-0.3, -0.25) is 9.79 Å². The fourth-order valence-corrected chi connectivity index (χ4v) is 2.87. The van der Waals surface area contributed by atoms with E-state index < -0.39 is 0 Å². The third-order valence-corrected chi connectivity index (χ3v) is 4.73.